The molecule has 0 radical (unpaired) electrons. The van der Waals surface area contributed by atoms with E-state index in [0.717, 1.165) is 0 Å². The quantitative estimate of drug-likeness (QED) is 0.812. The lowest BCUT2D eigenvalue weighted by atomic mass is 10.0. The molecule has 4 nitrogen and oxygen atoms in total. The number of phenols is 1. The number of sulfone groups is 1. The monoisotopic (exact) mass is 239 g/mol. The number of rotatable bonds is 2. The van der Waals surface area contributed by atoms with Gasteiger partial charge in [-0.2, -0.15) is 0 Å². The first-order valence-electron chi connectivity index (χ1n) is 4.93. The van der Waals surface area contributed by atoms with Gasteiger partial charge in [0.25, 0.3) is 0 Å². The van der Waals surface area contributed by atoms with Crippen LogP contribution in [0.4, 0.5) is 0 Å². The van der Waals surface area contributed by atoms with Crippen molar-refractivity contribution in [3.8, 4) is 5.75 Å². The van der Waals surface area contributed by atoms with E-state index in [4.69, 9.17) is 0 Å². The Morgan fingerprint density at radius 3 is 2.69 bits per heavy atom. The molecule has 5 heteroatoms. The van der Waals surface area contributed by atoms with Crippen LogP contribution in [0.2, 0.25) is 0 Å². The SMILES string of the molecule is CNC(C)C1=CS(=O)(=O)c2cccc(O)c21. The van der Waals surface area contributed by atoms with Gasteiger partial charge in [0.15, 0.2) is 0 Å². The largest absolute Gasteiger partial charge is 0.507 e. The summed E-state index contributed by atoms with van der Waals surface area (Å²) in [6.45, 7) is 1.85. The average molecular weight is 239 g/mol. The van der Waals surface area contributed by atoms with Crippen LogP contribution in [0, 0.1) is 0 Å². The van der Waals surface area contributed by atoms with Crippen LogP contribution in [0.1, 0.15) is 12.5 Å². The topological polar surface area (TPSA) is 66.4 Å². The zero-order valence-corrected chi connectivity index (χ0v) is 9.88. The fraction of sp³-hybridized carbons (Fsp3) is 0.273. The molecule has 0 saturated carbocycles. The molecule has 0 fully saturated rings. The van der Waals surface area contributed by atoms with E-state index < -0.39 is 9.84 Å². The first-order chi connectivity index (χ1) is 7.47. The van der Waals surface area contributed by atoms with Gasteiger partial charge < -0.3 is 10.4 Å². The maximum absolute atomic E-state index is 11.8. The van der Waals surface area contributed by atoms with Crippen molar-refractivity contribution >= 4 is 15.4 Å². The maximum Gasteiger partial charge on any atom is 0.200 e. The summed E-state index contributed by atoms with van der Waals surface area (Å²) in [5.41, 5.74) is 1.03. The van der Waals surface area contributed by atoms with Crippen LogP contribution in [-0.4, -0.2) is 26.6 Å². The number of benzene rings is 1. The number of nitrogens with one attached hydrogen (secondary N) is 1. The average Bonchev–Trinajstić information content (AvgIpc) is 2.52. The first-order valence-corrected chi connectivity index (χ1v) is 6.48. The lowest BCUT2D eigenvalue weighted by Crippen LogP contribution is -2.22. The predicted octanol–water partition coefficient (Wildman–Crippen LogP) is 1.13. The van der Waals surface area contributed by atoms with Crippen LogP contribution in [0.15, 0.2) is 28.5 Å². The van der Waals surface area contributed by atoms with E-state index in [0.29, 0.717) is 11.1 Å². The molecule has 2 N–H and O–H groups in total. The van der Waals surface area contributed by atoms with Gasteiger partial charge in [0.1, 0.15) is 5.75 Å². The molecule has 0 bridgehead atoms. The Balaban J connectivity index is 2.72. The summed E-state index contributed by atoms with van der Waals surface area (Å²) in [4.78, 5) is 0.185. The van der Waals surface area contributed by atoms with Crippen LogP contribution in [0.3, 0.4) is 0 Å². The van der Waals surface area contributed by atoms with Gasteiger partial charge in [-0.3, -0.25) is 0 Å². The second-order valence-electron chi connectivity index (χ2n) is 3.78. The Kier molecular flexibility index (Phi) is 2.52. The zero-order valence-electron chi connectivity index (χ0n) is 9.06. The van der Waals surface area contributed by atoms with Gasteiger partial charge in [0, 0.05) is 17.0 Å². The normalized spacial score (nSPS) is 19.0. The van der Waals surface area contributed by atoms with Gasteiger partial charge in [-0.05, 0) is 31.7 Å². The smallest absolute Gasteiger partial charge is 0.200 e. The molecule has 0 saturated heterocycles. The first kappa shape index (κ1) is 11.2. The number of aromatic hydroxyl groups is 1. The second-order valence-corrected chi connectivity index (χ2v) is 5.54. The van der Waals surface area contributed by atoms with E-state index in [1.54, 1.807) is 7.05 Å². The third kappa shape index (κ3) is 1.52. The highest BCUT2D eigenvalue weighted by Crippen LogP contribution is 2.40. The maximum atomic E-state index is 11.8. The minimum absolute atomic E-state index is 0.00641. The van der Waals surface area contributed by atoms with Crippen molar-refractivity contribution in [1.82, 2.24) is 5.32 Å². The molecule has 16 heavy (non-hydrogen) atoms. The summed E-state index contributed by atoms with van der Waals surface area (Å²) in [6.07, 6.45) is 0. The number of hydrogen-bond donors (Lipinski definition) is 2. The van der Waals surface area contributed by atoms with Crippen molar-refractivity contribution in [2.75, 3.05) is 7.05 Å². The molecule has 1 aromatic rings. The standard InChI is InChI=1S/C11H13NO3S/c1-7(12-2)8-6-16(14,15)10-5-3-4-9(13)11(8)10/h3-7,12-13H,1-2H3. The summed E-state index contributed by atoms with van der Waals surface area (Å²) < 4.78 is 23.6. The third-order valence-electron chi connectivity index (χ3n) is 2.78. The Morgan fingerprint density at radius 2 is 2.06 bits per heavy atom. The van der Waals surface area contributed by atoms with Crippen molar-refractivity contribution in [2.24, 2.45) is 0 Å². The van der Waals surface area contributed by atoms with Crippen LogP contribution in [0.25, 0.3) is 5.57 Å². The molecular weight excluding hydrogens is 226 g/mol. The van der Waals surface area contributed by atoms with Crippen LogP contribution >= 0.6 is 0 Å². The Bertz CT molecular complexity index is 561. The van der Waals surface area contributed by atoms with Gasteiger partial charge in [-0.1, -0.05) is 6.07 Å². The molecule has 1 aromatic carbocycles. The molecule has 2 rings (SSSR count). The fourth-order valence-electron chi connectivity index (χ4n) is 1.81. The second kappa shape index (κ2) is 3.61. The predicted molar refractivity (Wildman–Crippen MR) is 61.8 cm³/mol. The van der Waals surface area contributed by atoms with Gasteiger partial charge in [0.05, 0.1) is 4.90 Å². The molecule has 0 spiro atoms. The number of phenolic OH excluding ortho intramolecular Hbond substituents is 1. The van der Waals surface area contributed by atoms with Crippen LogP contribution in [0.5, 0.6) is 5.75 Å². The van der Waals surface area contributed by atoms with Crippen LogP contribution < -0.4 is 5.32 Å². The number of fused-ring (bicyclic) bond motifs is 1. The molecule has 1 heterocycles. The molecular formula is C11H13NO3S. The van der Waals surface area contributed by atoms with E-state index in [2.05, 4.69) is 5.32 Å². The van der Waals surface area contributed by atoms with Gasteiger partial charge in [-0.25, -0.2) is 8.42 Å². The highest BCUT2D eigenvalue weighted by Gasteiger charge is 2.31. The molecule has 86 valence electrons. The van der Waals surface area contributed by atoms with Crippen molar-refractivity contribution in [2.45, 2.75) is 17.9 Å². The molecule has 0 aromatic heterocycles. The highest BCUT2D eigenvalue weighted by atomic mass is 32.2. The zero-order chi connectivity index (χ0) is 11.9. The summed E-state index contributed by atoms with van der Waals surface area (Å²) in [5.74, 6) is 0.00641. The number of hydrogen-bond acceptors (Lipinski definition) is 4. The fourth-order valence-corrected chi connectivity index (χ4v) is 3.37. The van der Waals surface area contributed by atoms with Crippen LogP contribution in [-0.2, 0) is 9.84 Å². The lowest BCUT2D eigenvalue weighted by Gasteiger charge is -2.13. The Hall–Kier alpha value is -1.33. The molecule has 1 aliphatic rings. The van der Waals surface area contributed by atoms with E-state index in [-0.39, 0.29) is 16.7 Å². The summed E-state index contributed by atoms with van der Waals surface area (Å²) in [6, 6.07) is 4.42. The molecule has 1 atom stereocenters. The van der Waals surface area contributed by atoms with Gasteiger partial charge in [0.2, 0.25) is 9.84 Å². The molecule has 1 aliphatic heterocycles. The highest BCUT2D eigenvalue weighted by molar-refractivity contribution is 7.95. The summed E-state index contributed by atoms with van der Waals surface area (Å²) in [5, 5.41) is 13.9. The Morgan fingerprint density at radius 1 is 1.38 bits per heavy atom. The third-order valence-corrected chi connectivity index (χ3v) is 4.30. The summed E-state index contributed by atoms with van der Waals surface area (Å²) >= 11 is 0. The van der Waals surface area contributed by atoms with Crippen molar-refractivity contribution in [3.63, 3.8) is 0 Å². The van der Waals surface area contributed by atoms with Gasteiger partial charge in [-0.15, -0.1) is 0 Å². The van der Waals surface area contributed by atoms with E-state index in [1.807, 2.05) is 6.92 Å². The van der Waals surface area contributed by atoms with E-state index >= 15 is 0 Å². The van der Waals surface area contributed by atoms with Crippen molar-refractivity contribution < 1.29 is 13.5 Å². The van der Waals surface area contributed by atoms with E-state index in [1.165, 1.54) is 23.6 Å². The Labute approximate surface area is 94.5 Å². The lowest BCUT2D eigenvalue weighted by molar-refractivity contribution is 0.470. The van der Waals surface area contributed by atoms with Crippen molar-refractivity contribution in [1.29, 1.82) is 0 Å². The molecule has 1 unspecified atom stereocenters. The van der Waals surface area contributed by atoms with Crippen molar-refractivity contribution in [3.05, 3.63) is 29.2 Å². The minimum atomic E-state index is -3.39. The molecule has 0 aliphatic carbocycles. The van der Waals surface area contributed by atoms with Gasteiger partial charge >= 0.3 is 0 Å². The minimum Gasteiger partial charge on any atom is -0.507 e. The van der Waals surface area contributed by atoms with E-state index in [9.17, 15) is 13.5 Å². The summed E-state index contributed by atoms with van der Waals surface area (Å²) in [7, 11) is -1.65. The molecule has 0 amide bonds. The number of likely N-dealkylation sites (N-methyl/N-ethyl adjacent to an activating group) is 1.